The highest BCUT2D eigenvalue weighted by molar-refractivity contribution is 14.0. The number of guanidine groups is 1. The largest absolute Gasteiger partial charge is 0.356 e. The molecule has 0 radical (unpaired) electrons. The van der Waals surface area contributed by atoms with Crippen LogP contribution in [0, 0.1) is 5.92 Å². The topological polar surface area (TPSA) is 44.6 Å². The van der Waals surface area contributed by atoms with Crippen LogP contribution in [-0.2, 0) is 6.54 Å². The number of likely N-dealkylation sites (tertiary alicyclic amines) is 1. The number of hydrogen-bond acceptors (Lipinski definition) is 2. The summed E-state index contributed by atoms with van der Waals surface area (Å²) in [6, 6.07) is 4.11. The van der Waals surface area contributed by atoms with Crippen LogP contribution in [0.3, 0.4) is 0 Å². The number of nitrogens with zero attached hydrogens (tertiary/aromatic N) is 3. The van der Waals surface area contributed by atoms with Gasteiger partial charge in [0.15, 0.2) is 5.96 Å². The molecule has 2 N–H and O–H groups in total. The van der Waals surface area contributed by atoms with Crippen molar-refractivity contribution in [2.45, 2.75) is 32.7 Å². The fraction of sp³-hybridized carbons (Fsp3) is 0.706. The monoisotopic (exact) mass is 433 g/mol. The highest BCUT2D eigenvalue weighted by Crippen LogP contribution is 2.16. The zero-order chi connectivity index (χ0) is 15.6. The van der Waals surface area contributed by atoms with Crippen LogP contribution in [0.4, 0.5) is 0 Å². The highest BCUT2D eigenvalue weighted by atomic mass is 127. The number of hydrogen-bond donors (Lipinski definition) is 2. The molecule has 1 aromatic rings. The first-order chi connectivity index (χ1) is 10.8. The Morgan fingerprint density at radius 1 is 1.13 bits per heavy atom. The van der Waals surface area contributed by atoms with E-state index in [4.69, 9.17) is 0 Å². The number of halogens is 1. The maximum Gasteiger partial charge on any atom is 0.191 e. The van der Waals surface area contributed by atoms with Crippen molar-refractivity contribution < 1.29 is 0 Å². The van der Waals surface area contributed by atoms with Crippen LogP contribution in [0.2, 0.25) is 0 Å². The minimum Gasteiger partial charge on any atom is -0.356 e. The third kappa shape index (κ3) is 7.56. The van der Waals surface area contributed by atoms with Crippen LogP contribution < -0.4 is 10.6 Å². The van der Waals surface area contributed by atoms with Crippen molar-refractivity contribution in [2.75, 3.05) is 39.8 Å². The van der Waals surface area contributed by atoms with Crippen LogP contribution in [0.25, 0.3) is 0 Å². The molecule has 0 aromatic carbocycles. The second-order valence-electron chi connectivity index (χ2n) is 6.09. The van der Waals surface area contributed by atoms with E-state index in [0.717, 1.165) is 31.5 Å². The van der Waals surface area contributed by atoms with Gasteiger partial charge < -0.3 is 20.1 Å². The summed E-state index contributed by atoms with van der Waals surface area (Å²) in [4.78, 5) is 6.89. The first kappa shape index (κ1) is 20.3. The van der Waals surface area contributed by atoms with Gasteiger partial charge in [0, 0.05) is 39.1 Å². The Morgan fingerprint density at radius 2 is 1.83 bits per heavy atom. The summed E-state index contributed by atoms with van der Waals surface area (Å²) in [5, 5.41) is 6.86. The Balaban J connectivity index is 0.00000264. The first-order valence-electron chi connectivity index (χ1n) is 8.59. The molecule has 0 aliphatic carbocycles. The summed E-state index contributed by atoms with van der Waals surface area (Å²) in [5.41, 5.74) is 0. The van der Waals surface area contributed by atoms with Crippen molar-refractivity contribution in [2.24, 2.45) is 10.9 Å². The molecule has 0 spiro atoms. The minimum absolute atomic E-state index is 0. The van der Waals surface area contributed by atoms with E-state index < -0.39 is 0 Å². The summed E-state index contributed by atoms with van der Waals surface area (Å²) in [6.07, 6.45) is 8.03. The van der Waals surface area contributed by atoms with Crippen LogP contribution in [0.15, 0.2) is 29.5 Å². The number of aliphatic imine (C=N–C) groups is 1. The van der Waals surface area contributed by atoms with Crippen molar-refractivity contribution in [3.8, 4) is 0 Å². The standard InChI is InChI=1S/C17H31N5.HI/c1-3-9-21-12-6-16(7-13-21)15-20-17(18-2)19-8-14-22-10-4-5-11-22;/h4-5,10-11,16H,3,6-9,12-15H2,1-2H3,(H2,18,19,20);1H. The van der Waals surface area contributed by atoms with E-state index in [1.807, 2.05) is 7.05 Å². The zero-order valence-electron chi connectivity index (χ0n) is 14.5. The molecule has 0 amide bonds. The maximum absolute atomic E-state index is 4.31. The Morgan fingerprint density at radius 3 is 2.43 bits per heavy atom. The fourth-order valence-electron chi connectivity index (χ4n) is 3.01. The average Bonchev–Trinajstić information content (AvgIpc) is 3.06. The fourth-order valence-corrected chi connectivity index (χ4v) is 3.01. The molecule has 1 aliphatic rings. The van der Waals surface area contributed by atoms with Gasteiger partial charge in [0.05, 0.1) is 0 Å². The molecule has 0 unspecified atom stereocenters. The van der Waals surface area contributed by atoms with Gasteiger partial charge in [-0.25, -0.2) is 0 Å². The van der Waals surface area contributed by atoms with Gasteiger partial charge in [0.25, 0.3) is 0 Å². The quantitative estimate of drug-likeness (QED) is 0.395. The second-order valence-corrected chi connectivity index (χ2v) is 6.09. The lowest BCUT2D eigenvalue weighted by Crippen LogP contribution is -2.43. The normalized spacial score (nSPS) is 16.9. The Labute approximate surface area is 157 Å². The molecule has 0 atom stereocenters. The van der Waals surface area contributed by atoms with Gasteiger partial charge in [-0.15, -0.1) is 24.0 Å². The van der Waals surface area contributed by atoms with Crippen molar-refractivity contribution in [3.05, 3.63) is 24.5 Å². The van der Waals surface area contributed by atoms with Crippen molar-refractivity contribution in [1.82, 2.24) is 20.1 Å². The molecule has 2 heterocycles. The minimum atomic E-state index is 0. The third-order valence-corrected chi connectivity index (χ3v) is 4.36. The molecule has 6 heteroatoms. The van der Waals surface area contributed by atoms with E-state index in [2.05, 4.69) is 56.5 Å². The summed E-state index contributed by atoms with van der Waals surface area (Å²) in [5.74, 6) is 1.69. The van der Waals surface area contributed by atoms with E-state index >= 15 is 0 Å². The molecule has 1 fully saturated rings. The third-order valence-electron chi connectivity index (χ3n) is 4.36. The van der Waals surface area contributed by atoms with E-state index in [9.17, 15) is 0 Å². The number of rotatable bonds is 7. The van der Waals surface area contributed by atoms with Crippen LogP contribution in [0.5, 0.6) is 0 Å². The van der Waals surface area contributed by atoms with Gasteiger partial charge in [-0.1, -0.05) is 6.92 Å². The summed E-state index contributed by atoms with van der Waals surface area (Å²) in [7, 11) is 1.84. The molecule has 5 nitrogen and oxygen atoms in total. The van der Waals surface area contributed by atoms with Crippen molar-refractivity contribution in [1.29, 1.82) is 0 Å². The summed E-state index contributed by atoms with van der Waals surface area (Å²) >= 11 is 0. The van der Waals surface area contributed by atoms with Crippen LogP contribution in [0.1, 0.15) is 26.2 Å². The number of nitrogens with one attached hydrogen (secondary N) is 2. The highest BCUT2D eigenvalue weighted by Gasteiger charge is 2.18. The first-order valence-corrected chi connectivity index (χ1v) is 8.59. The smallest absolute Gasteiger partial charge is 0.191 e. The molecule has 1 aliphatic heterocycles. The Bertz CT molecular complexity index is 424. The molecule has 23 heavy (non-hydrogen) atoms. The molecular formula is C17H32IN5. The maximum atomic E-state index is 4.31. The predicted octanol–water partition coefficient (Wildman–Crippen LogP) is 2.39. The molecular weight excluding hydrogens is 401 g/mol. The lowest BCUT2D eigenvalue weighted by molar-refractivity contribution is 0.185. The molecule has 132 valence electrons. The second kappa shape index (κ2) is 11.7. The number of piperidine rings is 1. The SMILES string of the molecule is CCCN1CCC(CNC(=NC)NCCn2cccc2)CC1.I. The van der Waals surface area contributed by atoms with Gasteiger partial charge in [-0.2, -0.15) is 0 Å². The van der Waals surface area contributed by atoms with E-state index in [1.54, 1.807) is 0 Å². The van der Waals surface area contributed by atoms with Gasteiger partial charge >= 0.3 is 0 Å². The molecule has 0 bridgehead atoms. The van der Waals surface area contributed by atoms with E-state index in [-0.39, 0.29) is 24.0 Å². The van der Waals surface area contributed by atoms with Crippen molar-refractivity contribution in [3.63, 3.8) is 0 Å². The zero-order valence-corrected chi connectivity index (χ0v) is 16.8. The van der Waals surface area contributed by atoms with Gasteiger partial charge in [0.1, 0.15) is 0 Å². The Hall–Kier alpha value is -0.760. The Kier molecular flexibility index (Phi) is 10.3. The predicted molar refractivity (Wildman–Crippen MR) is 109 cm³/mol. The molecule has 2 rings (SSSR count). The molecule has 1 saturated heterocycles. The van der Waals surface area contributed by atoms with Gasteiger partial charge in [-0.05, 0) is 56.9 Å². The van der Waals surface area contributed by atoms with E-state index in [1.165, 1.54) is 38.9 Å². The van der Waals surface area contributed by atoms with Crippen LogP contribution >= 0.6 is 24.0 Å². The lowest BCUT2D eigenvalue weighted by Gasteiger charge is -2.32. The summed E-state index contributed by atoms with van der Waals surface area (Å²) in [6.45, 7) is 8.90. The lowest BCUT2D eigenvalue weighted by atomic mass is 9.97. The molecule has 1 aromatic heterocycles. The van der Waals surface area contributed by atoms with Crippen molar-refractivity contribution >= 4 is 29.9 Å². The average molecular weight is 433 g/mol. The van der Waals surface area contributed by atoms with Gasteiger partial charge in [0.2, 0.25) is 0 Å². The van der Waals surface area contributed by atoms with E-state index in [0.29, 0.717) is 0 Å². The number of aromatic nitrogens is 1. The summed E-state index contributed by atoms with van der Waals surface area (Å²) < 4.78 is 2.17. The molecule has 0 saturated carbocycles. The van der Waals surface area contributed by atoms with Gasteiger partial charge in [-0.3, -0.25) is 4.99 Å². The van der Waals surface area contributed by atoms with Crippen LogP contribution in [-0.4, -0.2) is 55.2 Å².